The molecule has 2 bridgehead atoms. The Balaban J connectivity index is 1.68. The van der Waals surface area contributed by atoms with Gasteiger partial charge in [0.25, 0.3) is 0 Å². The van der Waals surface area contributed by atoms with Gasteiger partial charge in [-0.25, -0.2) is 0 Å². The summed E-state index contributed by atoms with van der Waals surface area (Å²) in [6.07, 6.45) is 4.78. The van der Waals surface area contributed by atoms with E-state index < -0.39 is 0 Å². The summed E-state index contributed by atoms with van der Waals surface area (Å²) in [6.45, 7) is 1.44. The van der Waals surface area contributed by atoms with Crippen molar-refractivity contribution in [2.24, 2.45) is 11.1 Å². The first kappa shape index (κ1) is 10.4. The third kappa shape index (κ3) is 1.50. The second kappa shape index (κ2) is 3.11. The first-order chi connectivity index (χ1) is 7.50. The molecule has 84 valence electrons. The third-order valence-electron chi connectivity index (χ3n) is 4.22. The highest BCUT2D eigenvalue weighted by atomic mass is 16.2. The van der Waals surface area contributed by atoms with Gasteiger partial charge in [0.2, 0.25) is 0 Å². The maximum absolute atomic E-state index is 9.43. The fourth-order valence-corrected chi connectivity index (χ4v) is 3.62. The summed E-state index contributed by atoms with van der Waals surface area (Å²) in [4.78, 5) is 0. The summed E-state index contributed by atoms with van der Waals surface area (Å²) < 4.78 is 0. The van der Waals surface area contributed by atoms with Crippen molar-refractivity contribution in [2.45, 2.75) is 38.0 Å². The van der Waals surface area contributed by atoms with Crippen molar-refractivity contribution in [3.63, 3.8) is 0 Å². The van der Waals surface area contributed by atoms with Gasteiger partial charge in [-0.05, 0) is 42.1 Å². The van der Waals surface area contributed by atoms with Crippen LogP contribution in [0.1, 0.15) is 24.8 Å². The summed E-state index contributed by atoms with van der Waals surface area (Å²) in [5, 5.41) is 9.43. The van der Waals surface area contributed by atoms with E-state index in [1.807, 2.05) is 12.1 Å². The van der Waals surface area contributed by atoms with Gasteiger partial charge in [-0.2, -0.15) is 0 Å². The Morgan fingerprint density at radius 3 is 2.25 bits per heavy atom. The summed E-state index contributed by atoms with van der Waals surface area (Å²) in [5.74, 6) is 0. The van der Waals surface area contributed by atoms with E-state index in [0.29, 0.717) is 5.41 Å². The Bertz CT molecular complexity index is 393. The first-order valence-corrected chi connectivity index (χ1v) is 6.06. The van der Waals surface area contributed by atoms with Crippen LogP contribution in [0.2, 0.25) is 6.82 Å². The highest BCUT2D eigenvalue weighted by Gasteiger charge is 2.65. The minimum atomic E-state index is -0.365. The van der Waals surface area contributed by atoms with Crippen LogP contribution in [-0.2, 0) is 6.42 Å². The molecule has 1 aromatic rings. The molecule has 16 heavy (non-hydrogen) atoms. The average molecular weight is 215 g/mol. The minimum Gasteiger partial charge on any atom is -0.447 e. The molecule has 3 aliphatic rings. The number of hydrogen-bond donors (Lipinski definition) is 2. The molecule has 3 saturated carbocycles. The van der Waals surface area contributed by atoms with E-state index in [2.05, 4.69) is 12.1 Å². The molecule has 0 unspecified atom stereocenters. The molecule has 3 aliphatic carbocycles. The summed E-state index contributed by atoms with van der Waals surface area (Å²) in [6, 6.07) is 8.35. The molecule has 4 rings (SSSR count). The molecule has 0 spiro atoms. The lowest BCUT2D eigenvalue weighted by Gasteiger charge is -2.69. The molecule has 2 nitrogen and oxygen atoms in total. The molecule has 0 radical (unpaired) electrons. The topological polar surface area (TPSA) is 46.2 Å². The zero-order chi connectivity index (χ0) is 11.4. The fraction of sp³-hybridized carbons (Fsp3) is 0.538. The highest BCUT2D eigenvalue weighted by molar-refractivity contribution is 6.64. The van der Waals surface area contributed by atoms with Gasteiger partial charge in [0.15, 0.2) is 0 Å². The number of hydrogen-bond acceptors (Lipinski definition) is 2. The zero-order valence-corrected chi connectivity index (χ0v) is 9.74. The monoisotopic (exact) mass is 215 g/mol. The normalized spacial score (nSPS) is 35.2. The summed E-state index contributed by atoms with van der Waals surface area (Å²) in [5.41, 5.74) is 9.17. The van der Waals surface area contributed by atoms with Crippen molar-refractivity contribution in [1.29, 1.82) is 0 Å². The fourth-order valence-electron chi connectivity index (χ4n) is 3.62. The molecule has 3 N–H and O–H groups in total. The summed E-state index contributed by atoms with van der Waals surface area (Å²) in [7, 11) is 0. The molecule has 1 aromatic carbocycles. The SMILES string of the molecule is CB(O)c1ccc(CC23CC(N)(C2)C3)cc1. The van der Waals surface area contributed by atoms with Crippen molar-refractivity contribution in [3.8, 4) is 0 Å². The molecule has 0 atom stereocenters. The lowest BCUT2D eigenvalue weighted by Crippen LogP contribution is -2.72. The van der Waals surface area contributed by atoms with Gasteiger partial charge in [-0.3, -0.25) is 0 Å². The molecular formula is C13H18BNO. The predicted molar refractivity (Wildman–Crippen MR) is 66.8 cm³/mol. The molecular weight excluding hydrogens is 197 g/mol. The molecule has 3 heteroatoms. The zero-order valence-electron chi connectivity index (χ0n) is 9.74. The Kier molecular flexibility index (Phi) is 2.02. The van der Waals surface area contributed by atoms with E-state index in [-0.39, 0.29) is 12.5 Å². The van der Waals surface area contributed by atoms with Gasteiger partial charge < -0.3 is 10.8 Å². The predicted octanol–water partition coefficient (Wildman–Crippen LogP) is 0.931. The van der Waals surface area contributed by atoms with Crippen LogP contribution in [0.5, 0.6) is 0 Å². The van der Waals surface area contributed by atoms with Crippen molar-refractivity contribution in [3.05, 3.63) is 29.8 Å². The first-order valence-electron chi connectivity index (χ1n) is 6.06. The standard InChI is InChI=1S/C13H18BNO/c1-14(16)11-4-2-10(3-5-11)6-12-7-13(15,8-12)9-12/h2-5,16H,6-9,15H2,1H3. The van der Waals surface area contributed by atoms with E-state index in [4.69, 9.17) is 5.73 Å². The number of nitrogens with two attached hydrogens (primary N) is 1. The second-order valence-corrected chi connectivity index (χ2v) is 5.99. The van der Waals surface area contributed by atoms with Crippen LogP contribution in [0.3, 0.4) is 0 Å². The van der Waals surface area contributed by atoms with Crippen molar-refractivity contribution >= 4 is 12.4 Å². The van der Waals surface area contributed by atoms with Gasteiger partial charge in [0.05, 0.1) is 0 Å². The van der Waals surface area contributed by atoms with E-state index >= 15 is 0 Å². The summed E-state index contributed by atoms with van der Waals surface area (Å²) >= 11 is 0. The molecule has 0 heterocycles. The van der Waals surface area contributed by atoms with Crippen LogP contribution >= 0.6 is 0 Å². The van der Waals surface area contributed by atoms with Crippen LogP contribution < -0.4 is 11.2 Å². The molecule has 0 amide bonds. The maximum atomic E-state index is 9.43. The number of rotatable bonds is 3. The van der Waals surface area contributed by atoms with Gasteiger partial charge in [-0.15, -0.1) is 0 Å². The van der Waals surface area contributed by atoms with Crippen molar-refractivity contribution in [2.75, 3.05) is 0 Å². The lowest BCUT2D eigenvalue weighted by atomic mass is 9.38. The van der Waals surface area contributed by atoms with Gasteiger partial charge in [-0.1, -0.05) is 31.1 Å². The third-order valence-corrected chi connectivity index (χ3v) is 4.22. The van der Waals surface area contributed by atoms with E-state index in [1.54, 1.807) is 6.82 Å². The average Bonchev–Trinajstić information content (AvgIpc) is 2.14. The van der Waals surface area contributed by atoms with Crippen LogP contribution in [0.25, 0.3) is 0 Å². The second-order valence-electron chi connectivity index (χ2n) is 5.99. The molecule has 0 saturated heterocycles. The van der Waals surface area contributed by atoms with Gasteiger partial charge in [0.1, 0.15) is 0 Å². The van der Waals surface area contributed by atoms with Crippen molar-refractivity contribution < 1.29 is 5.02 Å². The minimum absolute atomic E-state index is 0.208. The Hall–Kier alpha value is -0.795. The Morgan fingerprint density at radius 2 is 1.81 bits per heavy atom. The van der Waals surface area contributed by atoms with Crippen LogP contribution in [-0.4, -0.2) is 17.5 Å². The molecule has 0 aromatic heterocycles. The van der Waals surface area contributed by atoms with Crippen molar-refractivity contribution in [1.82, 2.24) is 0 Å². The number of benzene rings is 1. The van der Waals surface area contributed by atoms with E-state index in [9.17, 15) is 5.02 Å². The van der Waals surface area contributed by atoms with E-state index in [0.717, 1.165) is 11.9 Å². The Labute approximate surface area is 97.0 Å². The molecule has 3 fully saturated rings. The van der Waals surface area contributed by atoms with Crippen LogP contribution in [0.15, 0.2) is 24.3 Å². The van der Waals surface area contributed by atoms with Gasteiger partial charge in [0, 0.05) is 5.54 Å². The maximum Gasteiger partial charge on any atom is 0.320 e. The lowest BCUT2D eigenvalue weighted by molar-refractivity contribution is -0.130. The quantitative estimate of drug-likeness (QED) is 0.737. The smallest absolute Gasteiger partial charge is 0.320 e. The largest absolute Gasteiger partial charge is 0.447 e. The molecule has 0 aliphatic heterocycles. The highest BCUT2D eigenvalue weighted by Crippen LogP contribution is 2.67. The Morgan fingerprint density at radius 1 is 1.25 bits per heavy atom. The van der Waals surface area contributed by atoms with Gasteiger partial charge >= 0.3 is 6.92 Å². The van der Waals surface area contributed by atoms with E-state index in [1.165, 1.54) is 24.8 Å². The van der Waals surface area contributed by atoms with Crippen LogP contribution in [0, 0.1) is 5.41 Å². The van der Waals surface area contributed by atoms with Crippen LogP contribution in [0.4, 0.5) is 0 Å².